The summed E-state index contributed by atoms with van der Waals surface area (Å²) < 4.78 is 3.67. The Morgan fingerprint density at radius 2 is 2.36 bits per heavy atom. The fourth-order valence-electron chi connectivity index (χ4n) is 3.12. The number of nitrogens with zero attached hydrogens (tertiary/aromatic N) is 6. The standard InChI is InChI=1S/C16H19N7O2/c1-2-21-9-13(17-10-21)18-14-11-5-4-8-23(11)20-16(19-14)22-7-3-6-12(22)15(24)25/h4-5,8-10,12H,2-3,6-7H2,1H3,(H,24,25)(H,18,19,20)/t12-/m0/s1. The molecule has 9 heteroatoms. The van der Waals surface area contributed by atoms with Gasteiger partial charge >= 0.3 is 5.97 Å². The Bertz CT molecular complexity index is 916. The molecule has 4 heterocycles. The van der Waals surface area contributed by atoms with Gasteiger partial charge < -0.3 is 19.9 Å². The lowest BCUT2D eigenvalue weighted by molar-refractivity contribution is -0.138. The molecule has 1 fully saturated rings. The normalized spacial score (nSPS) is 17.3. The molecule has 0 aromatic carbocycles. The minimum Gasteiger partial charge on any atom is -0.480 e. The first-order valence-electron chi connectivity index (χ1n) is 8.29. The summed E-state index contributed by atoms with van der Waals surface area (Å²) in [5, 5.41) is 17.1. The number of nitrogens with one attached hydrogen (secondary N) is 1. The lowest BCUT2D eigenvalue weighted by Crippen LogP contribution is -2.37. The van der Waals surface area contributed by atoms with E-state index < -0.39 is 12.0 Å². The molecule has 0 spiro atoms. The molecule has 0 unspecified atom stereocenters. The van der Waals surface area contributed by atoms with Gasteiger partial charge in [0.05, 0.1) is 6.33 Å². The molecule has 3 aromatic rings. The molecule has 3 aromatic heterocycles. The summed E-state index contributed by atoms with van der Waals surface area (Å²) in [5.41, 5.74) is 0.806. The third kappa shape index (κ3) is 2.77. The van der Waals surface area contributed by atoms with Gasteiger partial charge in [0.2, 0.25) is 5.95 Å². The second-order valence-electron chi connectivity index (χ2n) is 6.00. The van der Waals surface area contributed by atoms with Crippen molar-refractivity contribution in [3.05, 3.63) is 30.9 Å². The zero-order valence-electron chi connectivity index (χ0n) is 13.8. The molecule has 0 radical (unpaired) electrons. The highest BCUT2D eigenvalue weighted by molar-refractivity contribution is 5.79. The van der Waals surface area contributed by atoms with Crippen LogP contribution in [-0.4, -0.2) is 47.8 Å². The Morgan fingerprint density at radius 3 is 3.12 bits per heavy atom. The predicted molar refractivity (Wildman–Crippen MR) is 92.2 cm³/mol. The lowest BCUT2D eigenvalue weighted by Gasteiger charge is -2.22. The summed E-state index contributed by atoms with van der Waals surface area (Å²) in [6.07, 6.45) is 6.89. The predicted octanol–water partition coefficient (Wildman–Crippen LogP) is 1.74. The first-order valence-corrected chi connectivity index (χ1v) is 8.29. The molecule has 2 N–H and O–H groups in total. The summed E-state index contributed by atoms with van der Waals surface area (Å²) in [6, 6.07) is 3.20. The van der Waals surface area contributed by atoms with Gasteiger partial charge in [-0.1, -0.05) is 0 Å². The zero-order chi connectivity index (χ0) is 17.4. The summed E-state index contributed by atoms with van der Waals surface area (Å²) >= 11 is 0. The number of carboxylic acid groups (broad SMARTS) is 1. The molecule has 1 aliphatic heterocycles. The fraction of sp³-hybridized carbons (Fsp3) is 0.375. The monoisotopic (exact) mass is 341 g/mol. The van der Waals surface area contributed by atoms with E-state index in [0.717, 1.165) is 18.5 Å². The molecule has 4 rings (SSSR count). The quantitative estimate of drug-likeness (QED) is 0.729. The first-order chi connectivity index (χ1) is 12.2. The Kier molecular flexibility index (Phi) is 3.75. The average molecular weight is 341 g/mol. The van der Waals surface area contributed by atoms with Crippen LogP contribution in [0.15, 0.2) is 30.9 Å². The maximum Gasteiger partial charge on any atom is 0.326 e. The number of aliphatic carboxylic acids is 1. The molecular weight excluding hydrogens is 322 g/mol. The fourth-order valence-corrected chi connectivity index (χ4v) is 3.12. The van der Waals surface area contributed by atoms with Gasteiger partial charge in [-0.05, 0) is 31.9 Å². The van der Waals surface area contributed by atoms with Crippen LogP contribution in [0.2, 0.25) is 0 Å². The van der Waals surface area contributed by atoms with Crippen molar-refractivity contribution in [3.8, 4) is 0 Å². The number of aryl methyl sites for hydroxylation is 1. The number of fused-ring (bicyclic) bond motifs is 1. The number of rotatable bonds is 5. The van der Waals surface area contributed by atoms with Gasteiger partial charge in [-0.2, -0.15) is 4.98 Å². The van der Waals surface area contributed by atoms with E-state index in [-0.39, 0.29) is 0 Å². The van der Waals surface area contributed by atoms with E-state index in [1.807, 2.05) is 36.0 Å². The topological polar surface area (TPSA) is 101 Å². The van der Waals surface area contributed by atoms with Crippen LogP contribution in [0, 0.1) is 0 Å². The van der Waals surface area contributed by atoms with Crippen molar-refractivity contribution in [2.75, 3.05) is 16.8 Å². The van der Waals surface area contributed by atoms with Crippen LogP contribution in [0.5, 0.6) is 0 Å². The Morgan fingerprint density at radius 1 is 1.48 bits per heavy atom. The van der Waals surface area contributed by atoms with Crippen LogP contribution in [-0.2, 0) is 11.3 Å². The molecule has 0 amide bonds. The maximum absolute atomic E-state index is 11.5. The van der Waals surface area contributed by atoms with Gasteiger partial charge in [-0.25, -0.2) is 14.3 Å². The van der Waals surface area contributed by atoms with Crippen molar-refractivity contribution in [3.63, 3.8) is 0 Å². The van der Waals surface area contributed by atoms with Crippen LogP contribution in [0.1, 0.15) is 19.8 Å². The molecular formula is C16H19N7O2. The number of carboxylic acids is 1. The minimum atomic E-state index is -0.843. The van der Waals surface area contributed by atoms with E-state index in [9.17, 15) is 9.90 Å². The van der Waals surface area contributed by atoms with Crippen molar-refractivity contribution in [2.45, 2.75) is 32.4 Å². The number of imidazole rings is 1. The highest BCUT2D eigenvalue weighted by Crippen LogP contribution is 2.26. The van der Waals surface area contributed by atoms with Gasteiger partial charge in [-0.15, -0.1) is 5.10 Å². The van der Waals surface area contributed by atoms with E-state index in [1.165, 1.54) is 0 Å². The first kappa shape index (κ1) is 15.4. The van der Waals surface area contributed by atoms with E-state index in [2.05, 4.69) is 20.4 Å². The maximum atomic E-state index is 11.5. The highest BCUT2D eigenvalue weighted by atomic mass is 16.4. The van der Waals surface area contributed by atoms with E-state index in [1.54, 1.807) is 15.7 Å². The molecule has 9 nitrogen and oxygen atoms in total. The number of aromatic nitrogens is 5. The third-order valence-electron chi connectivity index (χ3n) is 4.42. The summed E-state index contributed by atoms with van der Waals surface area (Å²) in [7, 11) is 0. The molecule has 0 bridgehead atoms. The van der Waals surface area contributed by atoms with Crippen LogP contribution in [0.25, 0.3) is 5.52 Å². The minimum absolute atomic E-state index is 0.408. The van der Waals surface area contributed by atoms with E-state index >= 15 is 0 Å². The summed E-state index contributed by atoms with van der Waals surface area (Å²) in [4.78, 5) is 22.1. The van der Waals surface area contributed by atoms with Gasteiger partial charge in [0.15, 0.2) is 5.82 Å². The van der Waals surface area contributed by atoms with Crippen molar-refractivity contribution in [1.29, 1.82) is 0 Å². The van der Waals surface area contributed by atoms with Crippen molar-refractivity contribution >= 4 is 29.1 Å². The van der Waals surface area contributed by atoms with Crippen LogP contribution < -0.4 is 10.2 Å². The number of carbonyl (C=O) groups is 1. The van der Waals surface area contributed by atoms with E-state index in [4.69, 9.17) is 0 Å². The summed E-state index contributed by atoms with van der Waals surface area (Å²) in [5.74, 6) is 0.856. The van der Waals surface area contributed by atoms with Gasteiger partial charge in [0.1, 0.15) is 17.4 Å². The second kappa shape index (κ2) is 6.08. The van der Waals surface area contributed by atoms with Crippen LogP contribution in [0.4, 0.5) is 17.6 Å². The zero-order valence-corrected chi connectivity index (χ0v) is 13.8. The smallest absolute Gasteiger partial charge is 0.326 e. The van der Waals surface area contributed by atoms with Gasteiger partial charge in [0, 0.05) is 25.5 Å². The molecule has 1 aliphatic rings. The average Bonchev–Trinajstić information content (AvgIpc) is 3.34. The third-order valence-corrected chi connectivity index (χ3v) is 4.42. The molecule has 0 saturated carbocycles. The van der Waals surface area contributed by atoms with Gasteiger partial charge in [0.25, 0.3) is 0 Å². The largest absolute Gasteiger partial charge is 0.480 e. The van der Waals surface area contributed by atoms with Crippen molar-refractivity contribution in [1.82, 2.24) is 24.1 Å². The Labute approximate surface area is 143 Å². The molecule has 1 atom stereocenters. The van der Waals surface area contributed by atoms with Crippen molar-refractivity contribution < 1.29 is 9.90 Å². The second-order valence-corrected chi connectivity index (χ2v) is 6.00. The van der Waals surface area contributed by atoms with Gasteiger partial charge in [-0.3, -0.25) is 0 Å². The summed E-state index contributed by atoms with van der Waals surface area (Å²) in [6.45, 7) is 3.50. The highest BCUT2D eigenvalue weighted by Gasteiger charge is 2.33. The van der Waals surface area contributed by atoms with Crippen LogP contribution >= 0.6 is 0 Å². The van der Waals surface area contributed by atoms with Crippen LogP contribution in [0.3, 0.4) is 0 Å². The number of hydrogen-bond donors (Lipinski definition) is 2. The molecule has 130 valence electrons. The molecule has 0 aliphatic carbocycles. The number of hydrogen-bond acceptors (Lipinski definition) is 6. The Balaban J connectivity index is 1.73. The number of anilines is 3. The van der Waals surface area contributed by atoms with Crippen molar-refractivity contribution in [2.24, 2.45) is 0 Å². The SMILES string of the molecule is CCn1cnc(Nc2nc(N3CCC[C@H]3C(=O)O)nn3cccc23)c1. The molecule has 25 heavy (non-hydrogen) atoms. The van der Waals surface area contributed by atoms with E-state index in [0.29, 0.717) is 30.5 Å². The molecule has 1 saturated heterocycles. The lowest BCUT2D eigenvalue weighted by atomic mass is 10.2. The Hall–Kier alpha value is -3.10.